The molecule has 0 atom stereocenters. The predicted octanol–water partition coefficient (Wildman–Crippen LogP) is 1.63. The lowest BCUT2D eigenvalue weighted by molar-refractivity contribution is 0.0773. The Morgan fingerprint density at radius 1 is 1.20 bits per heavy atom. The van der Waals surface area contributed by atoms with Gasteiger partial charge < -0.3 is 10.6 Å². The molecule has 0 saturated heterocycles. The second-order valence-corrected chi connectivity index (χ2v) is 3.38. The fourth-order valence-electron chi connectivity index (χ4n) is 1.48. The maximum absolute atomic E-state index is 11.9. The minimum atomic E-state index is 0.0866. The van der Waals surface area contributed by atoms with Crippen LogP contribution in [0.2, 0.25) is 0 Å². The number of benzene rings is 1. The van der Waals surface area contributed by atoms with Crippen LogP contribution in [0.4, 0.5) is 0 Å². The van der Waals surface area contributed by atoms with Crippen molar-refractivity contribution in [2.45, 2.75) is 20.4 Å². The molecule has 0 heterocycles. The van der Waals surface area contributed by atoms with Crippen molar-refractivity contribution in [1.29, 1.82) is 0 Å². The van der Waals surface area contributed by atoms with E-state index in [1.165, 1.54) is 0 Å². The van der Waals surface area contributed by atoms with Gasteiger partial charge in [-0.15, -0.1) is 0 Å². The van der Waals surface area contributed by atoms with E-state index < -0.39 is 0 Å². The summed E-state index contributed by atoms with van der Waals surface area (Å²) >= 11 is 0. The van der Waals surface area contributed by atoms with Crippen molar-refractivity contribution in [2.75, 3.05) is 13.1 Å². The highest BCUT2D eigenvalue weighted by molar-refractivity contribution is 5.94. The van der Waals surface area contributed by atoms with Gasteiger partial charge in [0.1, 0.15) is 0 Å². The Labute approximate surface area is 90.9 Å². The Morgan fingerprint density at radius 3 is 2.13 bits per heavy atom. The molecular formula is C12H18N2O. The van der Waals surface area contributed by atoms with Crippen molar-refractivity contribution in [3.05, 3.63) is 35.4 Å². The lowest BCUT2D eigenvalue weighted by Crippen LogP contribution is -2.30. The van der Waals surface area contributed by atoms with Crippen LogP contribution in [-0.4, -0.2) is 23.9 Å². The molecule has 0 radical (unpaired) electrons. The van der Waals surface area contributed by atoms with Gasteiger partial charge in [-0.25, -0.2) is 0 Å². The SMILES string of the molecule is CCN(CC)C(=O)c1ccc(CN)cc1. The van der Waals surface area contributed by atoms with Crippen LogP contribution in [0.1, 0.15) is 29.8 Å². The van der Waals surface area contributed by atoms with E-state index in [1.54, 1.807) is 4.90 Å². The Morgan fingerprint density at radius 2 is 1.73 bits per heavy atom. The number of hydrogen-bond donors (Lipinski definition) is 1. The van der Waals surface area contributed by atoms with Crippen LogP contribution in [0.15, 0.2) is 24.3 Å². The summed E-state index contributed by atoms with van der Waals surface area (Å²) in [7, 11) is 0. The lowest BCUT2D eigenvalue weighted by Gasteiger charge is -2.18. The van der Waals surface area contributed by atoms with Crippen molar-refractivity contribution < 1.29 is 4.79 Å². The molecule has 0 fully saturated rings. The molecule has 1 aromatic carbocycles. The summed E-state index contributed by atoms with van der Waals surface area (Å²) < 4.78 is 0. The second-order valence-electron chi connectivity index (χ2n) is 3.38. The van der Waals surface area contributed by atoms with Gasteiger partial charge in [-0.1, -0.05) is 12.1 Å². The zero-order valence-corrected chi connectivity index (χ0v) is 9.36. The van der Waals surface area contributed by atoms with Crippen LogP contribution in [0.3, 0.4) is 0 Å². The number of nitrogens with zero attached hydrogens (tertiary/aromatic N) is 1. The fourth-order valence-corrected chi connectivity index (χ4v) is 1.48. The van der Waals surface area contributed by atoms with Crippen molar-refractivity contribution in [1.82, 2.24) is 4.90 Å². The maximum atomic E-state index is 11.9. The summed E-state index contributed by atoms with van der Waals surface area (Å²) in [6.45, 7) is 5.97. The van der Waals surface area contributed by atoms with Crippen molar-refractivity contribution in [3.8, 4) is 0 Å². The summed E-state index contributed by atoms with van der Waals surface area (Å²) in [6.07, 6.45) is 0. The van der Waals surface area contributed by atoms with Crippen molar-refractivity contribution in [3.63, 3.8) is 0 Å². The fraction of sp³-hybridized carbons (Fsp3) is 0.417. The van der Waals surface area contributed by atoms with Crippen molar-refractivity contribution >= 4 is 5.91 Å². The molecular weight excluding hydrogens is 188 g/mol. The van der Waals surface area contributed by atoms with Gasteiger partial charge >= 0.3 is 0 Å². The highest BCUT2D eigenvalue weighted by atomic mass is 16.2. The summed E-state index contributed by atoms with van der Waals surface area (Å²) in [5, 5.41) is 0. The maximum Gasteiger partial charge on any atom is 0.253 e. The molecule has 0 aromatic heterocycles. The quantitative estimate of drug-likeness (QED) is 0.813. The molecule has 1 aromatic rings. The topological polar surface area (TPSA) is 46.3 Å². The first-order valence-electron chi connectivity index (χ1n) is 5.31. The molecule has 0 unspecified atom stereocenters. The van der Waals surface area contributed by atoms with Crippen LogP contribution in [-0.2, 0) is 6.54 Å². The molecule has 15 heavy (non-hydrogen) atoms. The Bertz CT molecular complexity index is 315. The third kappa shape index (κ3) is 2.80. The third-order valence-corrected chi connectivity index (χ3v) is 2.49. The van der Waals surface area contributed by atoms with E-state index in [4.69, 9.17) is 5.73 Å². The first kappa shape index (κ1) is 11.7. The van der Waals surface area contributed by atoms with E-state index in [2.05, 4.69) is 0 Å². The highest BCUT2D eigenvalue weighted by Gasteiger charge is 2.11. The van der Waals surface area contributed by atoms with Gasteiger partial charge in [-0.3, -0.25) is 4.79 Å². The number of carbonyl (C=O) groups excluding carboxylic acids is 1. The van der Waals surface area contributed by atoms with Gasteiger partial charge in [-0.2, -0.15) is 0 Å². The zero-order chi connectivity index (χ0) is 11.3. The average Bonchev–Trinajstić information content (AvgIpc) is 2.30. The first-order valence-corrected chi connectivity index (χ1v) is 5.31. The summed E-state index contributed by atoms with van der Waals surface area (Å²) in [6, 6.07) is 7.47. The van der Waals surface area contributed by atoms with Crippen LogP contribution in [0.5, 0.6) is 0 Å². The molecule has 82 valence electrons. The lowest BCUT2D eigenvalue weighted by atomic mass is 10.1. The number of amides is 1. The Balaban J connectivity index is 2.82. The first-order chi connectivity index (χ1) is 7.22. The Hall–Kier alpha value is -1.35. The van der Waals surface area contributed by atoms with Crippen LogP contribution < -0.4 is 5.73 Å². The van der Waals surface area contributed by atoms with Crippen LogP contribution in [0, 0.1) is 0 Å². The molecule has 1 rings (SSSR count). The van der Waals surface area contributed by atoms with Gasteiger partial charge in [0.15, 0.2) is 0 Å². The minimum Gasteiger partial charge on any atom is -0.339 e. The smallest absolute Gasteiger partial charge is 0.253 e. The molecule has 1 amide bonds. The largest absolute Gasteiger partial charge is 0.339 e. The predicted molar refractivity (Wildman–Crippen MR) is 61.6 cm³/mol. The summed E-state index contributed by atoms with van der Waals surface area (Å²) in [4.78, 5) is 13.7. The van der Waals surface area contributed by atoms with E-state index in [9.17, 15) is 4.79 Å². The molecule has 0 aliphatic rings. The van der Waals surface area contributed by atoms with Gasteiger partial charge in [0.25, 0.3) is 5.91 Å². The summed E-state index contributed by atoms with van der Waals surface area (Å²) in [5.41, 5.74) is 7.27. The van der Waals surface area contributed by atoms with E-state index in [0.29, 0.717) is 6.54 Å². The van der Waals surface area contributed by atoms with Gasteiger partial charge in [0.05, 0.1) is 0 Å². The van der Waals surface area contributed by atoms with Gasteiger partial charge in [-0.05, 0) is 31.5 Å². The van der Waals surface area contributed by atoms with E-state index in [0.717, 1.165) is 24.2 Å². The molecule has 0 spiro atoms. The molecule has 3 nitrogen and oxygen atoms in total. The molecule has 3 heteroatoms. The zero-order valence-electron chi connectivity index (χ0n) is 9.36. The third-order valence-electron chi connectivity index (χ3n) is 2.49. The molecule has 2 N–H and O–H groups in total. The molecule has 0 aliphatic carbocycles. The van der Waals surface area contributed by atoms with E-state index in [-0.39, 0.29) is 5.91 Å². The van der Waals surface area contributed by atoms with E-state index >= 15 is 0 Å². The molecule has 0 aliphatic heterocycles. The van der Waals surface area contributed by atoms with Crippen LogP contribution in [0.25, 0.3) is 0 Å². The summed E-state index contributed by atoms with van der Waals surface area (Å²) in [5.74, 6) is 0.0866. The molecule has 0 bridgehead atoms. The number of hydrogen-bond acceptors (Lipinski definition) is 2. The molecule has 0 saturated carbocycles. The number of nitrogens with two attached hydrogens (primary N) is 1. The van der Waals surface area contributed by atoms with Gasteiger partial charge in [0, 0.05) is 25.2 Å². The normalized spacial score (nSPS) is 10.1. The van der Waals surface area contributed by atoms with Gasteiger partial charge in [0.2, 0.25) is 0 Å². The Kier molecular flexibility index (Phi) is 4.31. The number of carbonyl (C=O) groups is 1. The van der Waals surface area contributed by atoms with E-state index in [1.807, 2.05) is 38.1 Å². The number of rotatable bonds is 4. The second kappa shape index (κ2) is 5.51. The van der Waals surface area contributed by atoms with Crippen LogP contribution >= 0.6 is 0 Å². The van der Waals surface area contributed by atoms with Crippen molar-refractivity contribution in [2.24, 2.45) is 5.73 Å². The highest BCUT2D eigenvalue weighted by Crippen LogP contribution is 2.07. The standard InChI is InChI=1S/C12H18N2O/c1-3-14(4-2)12(15)11-7-5-10(9-13)6-8-11/h5-8H,3-4,9,13H2,1-2H3. The minimum absolute atomic E-state index is 0.0866. The average molecular weight is 206 g/mol. The monoisotopic (exact) mass is 206 g/mol.